The predicted molar refractivity (Wildman–Crippen MR) is 86.0 cm³/mol. The van der Waals surface area contributed by atoms with Crippen molar-refractivity contribution >= 4 is 15.7 Å². The van der Waals surface area contributed by atoms with E-state index in [2.05, 4.69) is 14.7 Å². The van der Waals surface area contributed by atoms with Crippen molar-refractivity contribution in [3.8, 4) is 11.4 Å². The van der Waals surface area contributed by atoms with Crippen LogP contribution in [0.25, 0.3) is 11.4 Å². The molecule has 0 saturated carbocycles. The van der Waals surface area contributed by atoms with E-state index >= 15 is 0 Å². The number of aromatic amines is 1. The first-order chi connectivity index (χ1) is 11.0. The van der Waals surface area contributed by atoms with Gasteiger partial charge in [-0.25, -0.2) is 17.8 Å². The molecule has 7 heteroatoms. The molecule has 0 aliphatic carbocycles. The van der Waals surface area contributed by atoms with Gasteiger partial charge in [-0.3, -0.25) is 4.72 Å². The summed E-state index contributed by atoms with van der Waals surface area (Å²) in [5.41, 5.74) is 1.62. The summed E-state index contributed by atoms with van der Waals surface area (Å²) in [6.45, 7) is 1.55. The molecule has 1 aromatic heterocycles. The molecule has 2 N–H and O–H groups in total. The summed E-state index contributed by atoms with van der Waals surface area (Å²) in [6.07, 6.45) is 3.35. The Morgan fingerprint density at radius 3 is 2.48 bits per heavy atom. The number of anilines is 1. The topological polar surface area (TPSA) is 74.8 Å². The van der Waals surface area contributed by atoms with Crippen LogP contribution in [-0.4, -0.2) is 18.4 Å². The number of benzene rings is 2. The molecule has 1 heterocycles. The van der Waals surface area contributed by atoms with Crippen molar-refractivity contribution in [2.24, 2.45) is 0 Å². The van der Waals surface area contributed by atoms with Crippen molar-refractivity contribution in [2.45, 2.75) is 11.8 Å². The fourth-order valence-corrected chi connectivity index (χ4v) is 3.53. The first-order valence-corrected chi connectivity index (χ1v) is 8.33. The van der Waals surface area contributed by atoms with Crippen molar-refractivity contribution in [3.63, 3.8) is 0 Å². The zero-order valence-corrected chi connectivity index (χ0v) is 13.1. The van der Waals surface area contributed by atoms with Gasteiger partial charge in [0.1, 0.15) is 11.6 Å². The van der Waals surface area contributed by atoms with Gasteiger partial charge >= 0.3 is 0 Å². The molecule has 0 bridgehead atoms. The van der Waals surface area contributed by atoms with Gasteiger partial charge in [-0.05, 0) is 55.0 Å². The van der Waals surface area contributed by atoms with E-state index in [0.717, 1.165) is 11.6 Å². The quantitative estimate of drug-likeness (QED) is 0.770. The molecule has 3 rings (SSSR count). The molecular formula is C16H14FN3O2S. The van der Waals surface area contributed by atoms with E-state index in [9.17, 15) is 12.8 Å². The highest BCUT2D eigenvalue weighted by molar-refractivity contribution is 7.92. The lowest BCUT2D eigenvalue weighted by Gasteiger charge is -2.10. The van der Waals surface area contributed by atoms with Gasteiger partial charge < -0.3 is 4.98 Å². The van der Waals surface area contributed by atoms with Crippen LogP contribution in [0.3, 0.4) is 0 Å². The summed E-state index contributed by atoms with van der Waals surface area (Å²) in [7, 11) is -3.77. The van der Waals surface area contributed by atoms with E-state index in [1.807, 2.05) is 0 Å². The predicted octanol–water partition coefficient (Wildman–Crippen LogP) is 3.33. The van der Waals surface area contributed by atoms with Crippen LogP contribution in [0.1, 0.15) is 5.56 Å². The largest absolute Gasteiger partial charge is 0.345 e. The fourth-order valence-electron chi connectivity index (χ4n) is 2.24. The van der Waals surface area contributed by atoms with E-state index in [-0.39, 0.29) is 4.90 Å². The van der Waals surface area contributed by atoms with Crippen LogP contribution in [-0.2, 0) is 10.0 Å². The third-order valence-electron chi connectivity index (χ3n) is 3.34. The summed E-state index contributed by atoms with van der Waals surface area (Å²) >= 11 is 0. The highest BCUT2D eigenvalue weighted by atomic mass is 32.2. The van der Waals surface area contributed by atoms with E-state index in [1.54, 1.807) is 43.6 Å². The molecule has 118 valence electrons. The Morgan fingerprint density at radius 2 is 1.87 bits per heavy atom. The third kappa shape index (κ3) is 3.24. The van der Waals surface area contributed by atoms with Crippen molar-refractivity contribution in [1.82, 2.24) is 9.97 Å². The van der Waals surface area contributed by atoms with E-state index in [1.165, 1.54) is 12.1 Å². The molecule has 3 aromatic rings. The Hall–Kier alpha value is -2.67. The van der Waals surface area contributed by atoms with E-state index in [0.29, 0.717) is 17.1 Å². The highest BCUT2D eigenvalue weighted by Gasteiger charge is 2.17. The molecule has 0 aliphatic rings. The number of hydrogen-bond donors (Lipinski definition) is 2. The molecule has 0 amide bonds. The van der Waals surface area contributed by atoms with Gasteiger partial charge in [-0.2, -0.15) is 0 Å². The number of aryl methyl sites for hydroxylation is 1. The second kappa shape index (κ2) is 5.85. The summed E-state index contributed by atoms with van der Waals surface area (Å²) in [6, 6.07) is 10.4. The number of halogens is 1. The van der Waals surface area contributed by atoms with Crippen molar-refractivity contribution < 1.29 is 12.8 Å². The molecule has 0 saturated heterocycles. The van der Waals surface area contributed by atoms with Crippen LogP contribution < -0.4 is 4.72 Å². The molecule has 0 spiro atoms. The van der Waals surface area contributed by atoms with Crippen molar-refractivity contribution in [1.29, 1.82) is 0 Å². The Kier molecular flexibility index (Phi) is 3.87. The standard InChI is InChI=1S/C16H14FN3O2S/c1-11-10-13(17)4-7-15(11)23(21,22)20-14-5-2-12(3-6-14)16-18-8-9-19-16/h2-10,20H,1H3,(H,18,19). The molecule has 0 radical (unpaired) electrons. The molecule has 23 heavy (non-hydrogen) atoms. The number of rotatable bonds is 4. The van der Waals surface area contributed by atoms with Crippen LogP contribution in [0.15, 0.2) is 59.8 Å². The van der Waals surface area contributed by atoms with Crippen LogP contribution in [0.4, 0.5) is 10.1 Å². The Morgan fingerprint density at radius 1 is 1.13 bits per heavy atom. The molecule has 2 aromatic carbocycles. The number of nitrogens with zero attached hydrogens (tertiary/aromatic N) is 1. The second-order valence-electron chi connectivity index (χ2n) is 5.03. The van der Waals surface area contributed by atoms with Crippen LogP contribution in [0.5, 0.6) is 0 Å². The number of nitrogens with one attached hydrogen (secondary N) is 2. The first-order valence-electron chi connectivity index (χ1n) is 6.84. The average molecular weight is 331 g/mol. The van der Waals surface area contributed by atoms with E-state index < -0.39 is 15.8 Å². The summed E-state index contributed by atoms with van der Waals surface area (Å²) in [5, 5.41) is 0. The summed E-state index contributed by atoms with van der Waals surface area (Å²) < 4.78 is 40.4. The number of hydrogen-bond acceptors (Lipinski definition) is 3. The normalized spacial score (nSPS) is 11.4. The number of aromatic nitrogens is 2. The minimum Gasteiger partial charge on any atom is -0.345 e. The maximum absolute atomic E-state index is 13.1. The zero-order chi connectivity index (χ0) is 16.4. The molecular weight excluding hydrogens is 317 g/mol. The fraction of sp³-hybridized carbons (Fsp3) is 0.0625. The molecule has 0 aliphatic heterocycles. The smallest absolute Gasteiger partial charge is 0.262 e. The Bertz CT molecular complexity index is 920. The third-order valence-corrected chi connectivity index (χ3v) is 4.88. The van der Waals surface area contributed by atoms with E-state index in [4.69, 9.17) is 0 Å². The van der Waals surface area contributed by atoms with Crippen molar-refractivity contribution in [2.75, 3.05) is 4.72 Å². The van der Waals surface area contributed by atoms with Gasteiger partial charge in [0.2, 0.25) is 0 Å². The van der Waals surface area contributed by atoms with Crippen LogP contribution >= 0.6 is 0 Å². The SMILES string of the molecule is Cc1cc(F)ccc1S(=O)(=O)Nc1ccc(-c2ncc[nH]2)cc1. The van der Waals surface area contributed by atoms with Gasteiger partial charge in [-0.15, -0.1) is 0 Å². The van der Waals surface area contributed by atoms with Gasteiger partial charge in [0.05, 0.1) is 4.90 Å². The molecule has 5 nitrogen and oxygen atoms in total. The second-order valence-corrected chi connectivity index (χ2v) is 6.68. The zero-order valence-electron chi connectivity index (χ0n) is 12.2. The maximum atomic E-state index is 13.1. The van der Waals surface area contributed by atoms with Crippen LogP contribution in [0, 0.1) is 12.7 Å². The Labute approximate surface area is 133 Å². The van der Waals surface area contributed by atoms with Gasteiger partial charge in [0, 0.05) is 23.6 Å². The molecule has 0 unspecified atom stereocenters. The summed E-state index contributed by atoms with van der Waals surface area (Å²) in [4.78, 5) is 7.15. The number of imidazole rings is 1. The van der Waals surface area contributed by atoms with Crippen molar-refractivity contribution in [3.05, 3.63) is 66.2 Å². The first kappa shape index (κ1) is 15.2. The lowest BCUT2D eigenvalue weighted by molar-refractivity contribution is 0.598. The highest BCUT2D eigenvalue weighted by Crippen LogP contribution is 2.22. The van der Waals surface area contributed by atoms with Gasteiger partial charge in [0.25, 0.3) is 10.0 Å². The lowest BCUT2D eigenvalue weighted by atomic mass is 10.2. The van der Waals surface area contributed by atoms with Crippen LogP contribution in [0.2, 0.25) is 0 Å². The minimum atomic E-state index is -3.77. The maximum Gasteiger partial charge on any atom is 0.262 e. The number of H-pyrrole nitrogens is 1. The summed E-state index contributed by atoms with van der Waals surface area (Å²) in [5.74, 6) is 0.234. The number of sulfonamides is 1. The lowest BCUT2D eigenvalue weighted by Crippen LogP contribution is -2.14. The minimum absolute atomic E-state index is 0.0500. The Balaban J connectivity index is 1.86. The van der Waals surface area contributed by atoms with Gasteiger partial charge in [0.15, 0.2) is 0 Å². The average Bonchev–Trinajstić information content (AvgIpc) is 3.01. The monoisotopic (exact) mass is 331 g/mol. The molecule has 0 atom stereocenters. The van der Waals surface area contributed by atoms with Gasteiger partial charge in [-0.1, -0.05) is 0 Å². The molecule has 0 fully saturated rings.